The number of hydrogen-bond acceptors (Lipinski definition) is 3. The van der Waals surface area contributed by atoms with Gasteiger partial charge in [0, 0.05) is 6.61 Å². The van der Waals surface area contributed by atoms with Gasteiger partial charge in [0.25, 0.3) is 0 Å². The third-order valence-corrected chi connectivity index (χ3v) is 14.0. The first-order chi connectivity index (χ1) is 15.8. The van der Waals surface area contributed by atoms with Crippen molar-refractivity contribution in [2.75, 3.05) is 6.61 Å². The Balaban J connectivity index is 1.54. The van der Waals surface area contributed by atoms with Gasteiger partial charge in [0.1, 0.15) is 0 Å². The highest BCUT2D eigenvalue weighted by Crippen LogP contribution is 2.77. The van der Waals surface area contributed by atoms with Crippen LogP contribution in [-0.4, -0.2) is 34.0 Å². The van der Waals surface area contributed by atoms with E-state index < -0.39 is 5.97 Å². The number of rotatable bonds is 3. The lowest BCUT2D eigenvalue weighted by Gasteiger charge is -2.73. The van der Waals surface area contributed by atoms with Crippen molar-refractivity contribution in [2.24, 2.45) is 62.6 Å². The zero-order valence-electron chi connectivity index (χ0n) is 22.6. The van der Waals surface area contributed by atoms with Crippen molar-refractivity contribution in [3.05, 3.63) is 0 Å². The lowest BCUT2D eigenvalue weighted by Crippen LogP contribution is -2.67. The molecular weight excluding hydrogens is 424 g/mol. The van der Waals surface area contributed by atoms with Crippen LogP contribution in [-0.2, 0) is 4.79 Å². The molecule has 0 saturated heterocycles. The molecule has 5 fully saturated rings. The number of carbonyl (C=O) groups is 1. The Morgan fingerprint density at radius 1 is 0.853 bits per heavy atom. The molecule has 0 aliphatic heterocycles. The number of aliphatic hydroxyl groups is 2. The molecule has 5 saturated carbocycles. The Hall–Kier alpha value is -0.610. The van der Waals surface area contributed by atoms with Crippen molar-refractivity contribution in [2.45, 2.75) is 112 Å². The number of carboxylic acids is 1. The largest absolute Gasteiger partial charge is 0.481 e. The minimum atomic E-state index is -0.665. The van der Waals surface area contributed by atoms with Gasteiger partial charge in [-0.3, -0.25) is 4.79 Å². The van der Waals surface area contributed by atoms with Crippen LogP contribution in [0.1, 0.15) is 106 Å². The smallest absolute Gasteiger partial charge is 0.306 e. The number of hydrogen-bond donors (Lipinski definition) is 3. The van der Waals surface area contributed by atoms with Crippen molar-refractivity contribution in [3.8, 4) is 0 Å². The minimum Gasteiger partial charge on any atom is -0.481 e. The molecule has 0 aromatic heterocycles. The highest BCUT2D eigenvalue weighted by atomic mass is 16.4. The van der Waals surface area contributed by atoms with Gasteiger partial charge in [-0.1, -0.05) is 41.5 Å². The van der Waals surface area contributed by atoms with Gasteiger partial charge in [0.15, 0.2) is 0 Å². The maximum Gasteiger partial charge on any atom is 0.306 e. The predicted octanol–water partition coefficient (Wildman–Crippen LogP) is 6.14. The van der Waals surface area contributed by atoms with E-state index in [1.165, 1.54) is 32.1 Å². The Bertz CT molecular complexity index is 838. The van der Waals surface area contributed by atoms with E-state index in [0.717, 1.165) is 32.1 Å². The highest BCUT2D eigenvalue weighted by Gasteiger charge is 2.71. The molecule has 5 rings (SSSR count). The Kier molecular flexibility index (Phi) is 5.67. The summed E-state index contributed by atoms with van der Waals surface area (Å²) in [5.74, 6) is 1.24. The van der Waals surface area contributed by atoms with Crippen molar-refractivity contribution < 1.29 is 20.1 Å². The minimum absolute atomic E-state index is 0.0296. The van der Waals surface area contributed by atoms with Crippen molar-refractivity contribution in [1.29, 1.82) is 0 Å². The zero-order valence-corrected chi connectivity index (χ0v) is 22.6. The van der Waals surface area contributed by atoms with Crippen LogP contribution in [0.15, 0.2) is 0 Å². The van der Waals surface area contributed by atoms with Gasteiger partial charge in [0.05, 0.1) is 12.0 Å². The Morgan fingerprint density at radius 2 is 1.56 bits per heavy atom. The summed E-state index contributed by atoms with van der Waals surface area (Å²) in [7, 11) is 0. The van der Waals surface area contributed by atoms with E-state index in [1.54, 1.807) is 0 Å². The molecular formula is C30H50O4. The number of aliphatic hydroxyl groups excluding tert-OH is 2. The Labute approximate surface area is 207 Å². The molecule has 0 unspecified atom stereocenters. The average Bonchev–Trinajstić information content (AvgIpc) is 3.16. The summed E-state index contributed by atoms with van der Waals surface area (Å²) in [6.07, 6.45) is 10.8. The van der Waals surface area contributed by atoms with Crippen LogP contribution in [0.4, 0.5) is 0 Å². The van der Waals surface area contributed by atoms with E-state index in [0.29, 0.717) is 23.7 Å². The molecule has 34 heavy (non-hydrogen) atoms. The fourth-order valence-electron chi connectivity index (χ4n) is 11.8. The molecule has 0 aromatic rings. The monoisotopic (exact) mass is 474 g/mol. The van der Waals surface area contributed by atoms with Gasteiger partial charge in [-0.25, -0.2) is 0 Å². The second kappa shape index (κ2) is 7.70. The third-order valence-electron chi connectivity index (χ3n) is 14.0. The van der Waals surface area contributed by atoms with Crippen molar-refractivity contribution in [3.63, 3.8) is 0 Å². The van der Waals surface area contributed by atoms with Gasteiger partial charge in [-0.2, -0.15) is 0 Å². The first kappa shape index (κ1) is 25.1. The fourth-order valence-corrected chi connectivity index (χ4v) is 11.8. The molecule has 0 bridgehead atoms. The number of fused-ring (bicyclic) bond motifs is 7. The normalized spacial score (nSPS) is 54.8. The Morgan fingerprint density at radius 3 is 2.21 bits per heavy atom. The molecule has 0 amide bonds. The number of carboxylic acid groups (broad SMARTS) is 1. The summed E-state index contributed by atoms with van der Waals surface area (Å²) in [5, 5.41) is 31.5. The van der Waals surface area contributed by atoms with Gasteiger partial charge in [-0.15, -0.1) is 0 Å². The van der Waals surface area contributed by atoms with Crippen LogP contribution >= 0.6 is 0 Å². The molecule has 0 heterocycles. The summed E-state index contributed by atoms with van der Waals surface area (Å²) >= 11 is 0. The SMILES string of the molecule is C[C@@H](C(=O)O)[C@H]1CC[C@@]2(CO)CC[C@]3(C)[C@H](CC[C@H]4[C@@]5(C)CC[C@@H](O)C(C)(C)[C@H]5CC[C@@]43C)[C@@H]12. The lowest BCUT2D eigenvalue weighted by molar-refractivity contribution is -0.251. The van der Waals surface area contributed by atoms with E-state index in [4.69, 9.17) is 0 Å². The lowest BCUT2D eigenvalue weighted by atomic mass is 9.32. The van der Waals surface area contributed by atoms with E-state index >= 15 is 0 Å². The summed E-state index contributed by atoms with van der Waals surface area (Å²) in [6.45, 7) is 14.5. The molecule has 4 heteroatoms. The maximum atomic E-state index is 12.1. The van der Waals surface area contributed by atoms with Crippen LogP contribution in [0.2, 0.25) is 0 Å². The van der Waals surface area contributed by atoms with Gasteiger partial charge in [-0.05, 0) is 121 Å². The van der Waals surface area contributed by atoms with Crippen LogP contribution in [0, 0.1) is 62.6 Å². The van der Waals surface area contributed by atoms with Gasteiger partial charge < -0.3 is 15.3 Å². The first-order valence-corrected chi connectivity index (χ1v) is 14.3. The van der Waals surface area contributed by atoms with Gasteiger partial charge in [0.2, 0.25) is 0 Å². The summed E-state index contributed by atoms with van der Waals surface area (Å²) in [5.41, 5.74) is 0.589. The zero-order chi connectivity index (χ0) is 24.9. The van der Waals surface area contributed by atoms with Crippen LogP contribution in [0.25, 0.3) is 0 Å². The molecule has 5 aliphatic rings. The quantitative estimate of drug-likeness (QED) is 0.459. The standard InChI is InChI=1S/C30H50O4/c1-18(25(33)34)19-9-14-30(17-31)16-15-28(5)20(24(19)30)7-8-22-27(4)12-11-23(32)26(2,3)21(27)10-13-29(22,28)6/h18-24,31-32H,7-17H2,1-6H3,(H,33,34)/t18-,19-,20-,21-,22+,23-,24-,27+,28-,29+,30+/m1/s1. The molecule has 0 radical (unpaired) electrons. The van der Waals surface area contributed by atoms with Crippen molar-refractivity contribution >= 4 is 5.97 Å². The summed E-state index contributed by atoms with van der Waals surface area (Å²) < 4.78 is 0. The predicted molar refractivity (Wildman–Crippen MR) is 134 cm³/mol. The van der Waals surface area contributed by atoms with E-state index in [9.17, 15) is 20.1 Å². The average molecular weight is 475 g/mol. The van der Waals surface area contributed by atoms with Crippen LogP contribution in [0.3, 0.4) is 0 Å². The van der Waals surface area contributed by atoms with E-state index in [1.807, 2.05) is 6.92 Å². The first-order valence-electron chi connectivity index (χ1n) is 14.3. The number of aliphatic carboxylic acids is 1. The molecule has 5 aliphatic carbocycles. The topological polar surface area (TPSA) is 77.8 Å². The second-order valence-corrected chi connectivity index (χ2v) is 14.9. The molecule has 4 nitrogen and oxygen atoms in total. The molecule has 194 valence electrons. The summed E-state index contributed by atoms with van der Waals surface area (Å²) in [4.78, 5) is 12.1. The molecule has 11 atom stereocenters. The van der Waals surface area contributed by atoms with Gasteiger partial charge >= 0.3 is 5.97 Å². The van der Waals surface area contributed by atoms with Crippen LogP contribution in [0.5, 0.6) is 0 Å². The molecule has 0 aromatic carbocycles. The van der Waals surface area contributed by atoms with Crippen molar-refractivity contribution in [1.82, 2.24) is 0 Å². The summed E-state index contributed by atoms with van der Waals surface area (Å²) in [6, 6.07) is 0. The fraction of sp³-hybridized carbons (Fsp3) is 0.967. The van der Waals surface area contributed by atoms with Crippen LogP contribution < -0.4 is 0 Å². The molecule has 3 N–H and O–H groups in total. The third kappa shape index (κ3) is 2.93. The molecule has 0 spiro atoms. The van der Waals surface area contributed by atoms with E-state index in [2.05, 4.69) is 34.6 Å². The second-order valence-electron chi connectivity index (χ2n) is 14.9. The van der Waals surface area contributed by atoms with E-state index in [-0.39, 0.29) is 51.6 Å². The maximum absolute atomic E-state index is 12.1. The highest BCUT2D eigenvalue weighted by molar-refractivity contribution is 5.70.